The number of hydrogen-bond acceptors (Lipinski definition) is 2. The number of rotatable bonds is 3. The summed E-state index contributed by atoms with van der Waals surface area (Å²) in [5.41, 5.74) is 0. The van der Waals surface area contributed by atoms with Gasteiger partial charge < -0.3 is 9.84 Å². The highest BCUT2D eigenvalue weighted by Crippen LogP contribution is 2.26. The number of carbonyl (C=O) groups is 1. The summed E-state index contributed by atoms with van der Waals surface area (Å²) in [5.74, 6) is 0.129. The van der Waals surface area contributed by atoms with Gasteiger partial charge in [-0.25, -0.2) is 0 Å². The summed E-state index contributed by atoms with van der Waals surface area (Å²) >= 11 is 0. The molecule has 1 rings (SSSR count). The fourth-order valence-corrected chi connectivity index (χ4v) is 1.80. The second-order valence-electron chi connectivity index (χ2n) is 4.14. The van der Waals surface area contributed by atoms with E-state index < -0.39 is 5.97 Å². The van der Waals surface area contributed by atoms with Crippen LogP contribution in [0.25, 0.3) is 0 Å². The van der Waals surface area contributed by atoms with Crippen molar-refractivity contribution < 1.29 is 14.6 Å². The monoisotopic (exact) mass is 186 g/mol. The summed E-state index contributed by atoms with van der Waals surface area (Å²) in [6.45, 7) is 4.96. The molecule has 0 unspecified atom stereocenters. The van der Waals surface area contributed by atoms with Crippen molar-refractivity contribution in [3.63, 3.8) is 0 Å². The molecule has 0 aromatic carbocycles. The zero-order chi connectivity index (χ0) is 9.84. The predicted octanol–water partition coefficient (Wildman–Crippen LogP) is 1.91. The van der Waals surface area contributed by atoms with Crippen molar-refractivity contribution in [2.45, 2.75) is 39.2 Å². The number of aliphatic carboxylic acids is 1. The number of carboxylic acids is 1. The van der Waals surface area contributed by atoms with Crippen molar-refractivity contribution in [1.82, 2.24) is 0 Å². The zero-order valence-electron chi connectivity index (χ0n) is 8.32. The van der Waals surface area contributed by atoms with Crippen molar-refractivity contribution in [2.75, 3.05) is 6.61 Å². The number of ether oxygens (including phenoxy) is 1. The molecule has 0 bridgehead atoms. The lowest BCUT2D eigenvalue weighted by atomic mass is 9.88. The Labute approximate surface area is 79.1 Å². The van der Waals surface area contributed by atoms with E-state index >= 15 is 0 Å². The Balaban J connectivity index is 2.37. The van der Waals surface area contributed by atoms with E-state index in [1.165, 1.54) is 0 Å². The minimum atomic E-state index is -0.686. The minimum absolute atomic E-state index is 0.262. The van der Waals surface area contributed by atoms with E-state index in [1.54, 1.807) is 0 Å². The van der Waals surface area contributed by atoms with Crippen LogP contribution >= 0.6 is 0 Å². The Morgan fingerprint density at radius 2 is 2.31 bits per heavy atom. The topological polar surface area (TPSA) is 46.5 Å². The lowest BCUT2D eigenvalue weighted by Crippen LogP contribution is -2.30. The van der Waals surface area contributed by atoms with Crippen LogP contribution in [0.3, 0.4) is 0 Å². The van der Waals surface area contributed by atoms with Gasteiger partial charge in [0.25, 0.3) is 0 Å². The molecule has 1 heterocycles. The van der Waals surface area contributed by atoms with Crippen LogP contribution in [0.1, 0.15) is 33.1 Å². The molecule has 13 heavy (non-hydrogen) atoms. The third kappa shape index (κ3) is 3.35. The van der Waals surface area contributed by atoms with Crippen molar-refractivity contribution in [3.05, 3.63) is 0 Å². The summed E-state index contributed by atoms with van der Waals surface area (Å²) in [4.78, 5) is 10.5. The third-order valence-electron chi connectivity index (χ3n) is 2.63. The first-order valence-electron chi connectivity index (χ1n) is 4.93. The van der Waals surface area contributed by atoms with E-state index in [0.717, 1.165) is 19.4 Å². The van der Waals surface area contributed by atoms with E-state index in [4.69, 9.17) is 9.84 Å². The molecule has 76 valence electrons. The van der Waals surface area contributed by atoms with E-state index in [0.29, 0.717) is 18.3 Å². The van der Waals surface area contributed by atoms with Gasteiger partial charge >= 0.3 is 5.97 Å². The maximum absolute atomic E-state index is 10.5. The molecule has 0 aromatic heterocycles. The predicted molar refractivity (Wildman–Crippen MR) is 49.6 cm³/mol. The van der Waals surface area contributed by atoms with Gasteiger partial charge in [0.1, 0.15) is 0 Å². The normalized spacial score (nSPS) is 29.2. The van der Waals surface area contributed by atoms with Gasteiger partial charge in [0, 0.05) is 13.0 Å². The highest BCUT2D eigenvalue weighted by molar-refractivity contribution is 5.67. The van der Waals surface area contributed by atoms with Crippen LogP contribution in [0.15, 0.2) is 0 Å². The van der Waals surface area contributed by atoms with Crippen LogP contribution in [-0.2, 0) is 9.53 Å². The van der Waals surface area contributed by atoms with Crippen LogP contribution in [0.5, 0.6) is 0 Å². The molecule has 3 heteroatoms. The van der Waals surface area contributed by atoms with Crippen LogP contribution in [0.2, 0.25) is 0 Å². The second-order valence-corrected chi connectivity index (χ2v) is 4.14. The molecule has 1 aliphatic heterocycles. The lowest BCUT2D eigenvalue weighted by molar-refractivity contribution is -0.139. The molecule has 0 amide bonds. The van der Waals surface area contributed by atoms with Gasteiger partial charge in [-0.15, -0.1) is 0 Å². The molecule has 1 fully saturated rings. The molecule has 0 aromatic rings. The summed E-state index contributed by atoms with van der Waals surface area (Å²) < 4.78 is 5.56. The van der Waals surface area contributed by atoms with E-state index in [-0.39, 0.29) is 6.10 Å². The Morgan fingerprint density at radius 3 is 2.85 bits per heavy atom. The molecule has 1 saturated heterocycles. The molecule has 3 nitrogen and oxygen atoms in total. The quantitative estimate of drug-likeness (QED) is 0.732. The molecular formula is C10H18O3. The van der Waals surface area contributed by atoms with Gasteiger partial charge in [-0.2, -0.15) is 0 Å². The largest absolute Gasteiger partial charge is 0.481 e. The van der Waals surface area contributed by atoms with Gasteiger partial charge in [-0.3, -0.25) is 4.79 Å². The van der Waals surface area contributed by atoms with Crippen LogP contribution < -0.4 is 0 Å². The van der Waals surface area contributed by atoms with Crippen molar-refractivity contribution >= 4 is 5.97 Å². The first-order valence-corrected chi connectivity index (χ1v) is 4.93. The Morgan fingerprint density at radius 1 is 1.62 bits per heavy atom. The Kier molecular flexibility index (Phi) is 3.72. The molecule has 0 radical (unpaired) electrons. The fraction of sp³-hybridized carbons (Fsp3) is 0.900. The van der Waals surface area contributed by atoms with E-state index in [9.17, 15) is 4.79 Å². The van der Waals surface area contributed by atoms with Crippen molar-refractivity contribution in [2.24, 2.45) is 11.8 Å². The van der Waals surface area contributed by atoms with Crippen LogP contribution in [-0.4, -0.2) is 23.8 Å². The number of hydrogen-bond donors (Lipinski definition) is 1. The first-order chi connectivity index (χ1) is 6.09. The summed E-state index contributed by atoms with van der Waals surface area (Å²) in [7, 11) is 0. The van der Waals surface area contributed by atoms with Gasteiger partial charge in [0.2, 0.25) is 0 Å². The fourth-order valence-electron chi connectivity index (χ4n) is 1.80. The van der Waals surface area contributed by atoms with Gasteiger partial charge in [-0.1, -0.05) is 13.8 Å². The van der Waals surface area contributed by atoms with Crippen molar-refractivity contribution in [1.29, 1.82) is 0 Å². The van der Waals surface area contributed by atoms with Gasteiger partial charge in [0.15, 0.2) is 0 Å². The molecular weight excluding hydrogens is 168 g/mol. The Bertz CT molecular complexity index is 177. The highest BCUT2D eigenvalue weighted by atomic mass is 16.5. The molecule has 1 aliphatic rings. The SMILES string of the molecule is CC(C)[C@@H]1C[C@@H](CC(=O)O)CCO1. The average molecular weight is 186 g/mol. The zero-order valence-corrected chi connectivity index (χ0v) is 8.32. The van der Waals surface area contributed by atoms with Crippen LogP contribution in [0.4, 0.5) is 0 Å². The van der Waals surface area contributed by atoms with Gasteiger partial charge in [-0.05, 0) is 24.7 Å². The average Bonchev–Trinajstić information content (AvgIpc) is 2.03. The first kappa shape index (κ1) is 10.5. The molecule has 0 spiro atoms. The third-order valence-corrected chi connectivity index (χ3v) is 2.63. The minimum Gasteiger partial charge on any atom is -0.481 e. The summed E-state index contributed by atoms with van der Waals surface area (Å²) in [6.07, 6.45) is 2.37. The smallest absolute Gasteiger partial charge is 0.303 e. The Hall–Kier alpha value is -0.570. The van der Waals surface area contributed by atoms with E-state index in [1.807, 2.05) is 0 Å². The maximum atomic E-state index is 10.5. The number of carboxylic acid groups (broad SMARTS) is 1. The van der Waals surface area contributed by atoms with Crippen LogP contribution in [0, 0.1) is 11.8 Å². The van der Waals surface area contributed by atoms with E-state index in [2.05, 4.69) is 13.8 Å². The molecule has 1 N–H and O–H groups in total. The maximum Gasteiger partial charge on any atom is 0.303 e. The van der Waals surface area contributed by atoms with Crippen molar-refractivity contribution in [3.8, 4) is 0 Å². The second kappa shape index (κ2) is 4.61. The van der Waals surface area contributed by atoms with Gasteiger partial charge in [0.05, 0.1) is 6.10 Å². The molecule has 2 atom stereocenters. The standard InChI is InChI=1S/C10H18O3/c1-7(2)9-5-8(3-4-13-9)6-10(11)12/h7-9H,3-6H2,1-2H3,(H,11,12)/t8-,9-/m0/s1. The summed E-state index contributed by atoms with van der Waals surface area (Å²) in [6, 6.07) is 0. The summed E-state index contributed by atoms with van der Waals surface area (Å²) in [5, 5.41) is 8.65. The molecule has 0 aliphatic carbocycles. The molecule has 0 saturated carbocycles. The highest BCUT2D eigenvalue weighted by Gasteiger charge is 2.26. The lowest BCUT2D eigenvalue weighted by Gasteiger charge is -2.31.